The number of sulfonamides is 1. The van der Waals surface area contributed by atoms with Crippen LogP contribution in [0.1, 0.15) is 30.6 Å². The third-order valence-electron chi connectivity index (χ3n) is 6.71. The van der Waals surface area contributed by atoms with Crippen LogP contribution in [0.2, 0.25) is 0 Å². The normalized spacial score (nSPS) is 22.4. The molecule has 36 heavy (non-hydrogen) atoms. The van der Waals surface area contributed by atoms with Crippen molar-refractivity contribution in [3.8, 4) is 5.75 Å². The van der Waals surface area contributed by atoms with Gasteiger partial charge in [-0.05, 0) is 25.1 Å². The molecule has 0 radical (unpaired) electrons. The standard InChI is InChI=1S/C24H38N4O7S/c1-17-14-28(18(2)16-29)24(31)20-13-19(25-23(30)7-8-27-9-11-34-12-10-27)5-6-21(20)35-22(17)15-26(3)36(4,32)33/h5-6,13,17-18,22,29H,7-12,14-16H2,1-4H3,(H,25,30)/t17-,18-,22-/m0/s1. The number of anilines is 1. The number of fused-ring (bicyclic) bond motifs is 1. The highest BCUT2D eigenvalue weighted by Crippen LogP contribution is 2.31. The van der Waals surface area contributed by atoms with E-state index in [1.165, 1.54) is 11.4 Å². The molecule has 3 rings (SSSR count). The largest absolute Gasteiger partial charge is 0.488 e. The van der Waals surface area contributed by atoms with Crippen LogP contribution < -0.4 is 10.1 Å². The number of carbonyl (C=O) groups excluding carboxylic acids is 2. The molecule has 11 nitrogen and oxygen atoms in total. The summed E-state index contributed by atoms with van der Waals surface area (Å²) in [5, 5.41) is 12.6. The van der Waals surface area contributed by atoms with Crippen molar-refractivity contribution in [2.24, 2.45) is 5.92 Å². The highest BCUT2D eigenvalue weighted by Gasteiger charge is 2.34. The Bertz CT molecular complexity index is 1030. The van der Waals surface area contributed by atoms with Crippen LogP contribution in [0.5, 0.6) is 5.75 Å². The number of rotatable bonds is 9. The first kappa shape index (κ1) is 28.3. The van der Waals surface area contributed by atoms with Gasteiger partial charge < -0.3 is 24.8 Å². The van der Waals surface area contributed by atoms with Crippen LogP contribution in [0, 0.1) is 5.92 Å². The van der Waals surface area contributed by atoms with Gasteiger partial charge in [0.25, 0.3) is 5.91 Å². The lowest BCUT2D eigenvalue weighted by Gasteiger charge is -2.38. The van der Waals surface area contributed by atoms with Gasteiger partial charge in [-0.25, -0.2) is 12.7 Å². The molecule has 2 N–H and O–H groups in total. The third kappa shape index (κ3) is 7.39. The lowest BCUT2D eigenvalue weighted by Crippen LogP contribution is -2.50. The number of ether oxygens (including phenoxy) is 2. The molecule has 0 spiro atoms. The van der Waals surface area contributed by atoms with Gasteiger partial charge in [0.05, 0.1) is 44.2 Å². The number of nitrogens with zero attached hydrogens (tertiary/aromatic N) is 3. The van der Waals surface area contributed by atoms with Crippen LogP contribution >= 0.6 is 0 Å². The van der Waals surface area contributed by atoms with Crippen LogP contribution in [0.25, 0.3) is 0 Å². The Balaban J connectivity index is 1.82. The van der Waals surface area contributed by atoms with E-state index in [1.54, 1.807) is 30.0 Å². The number of aliphatic hydroxyl groups is 1. The first-order valence-electron chi connectivity index (χ1n) is 12.2. The van der Waals surface area contributed by atoms with Crippen molar-refractivity contribution in [1.82, 2.24) is 14.1 Å². The van der Waals surface area contributed by atoms with Gasteiger partial charge >= 0.3 is 0 Å². The third-order valence-corrected chi connectivity index (χ3v) is 7.99. The van der Waals surface area contributed by atoms with E-state index in [-0.39, 0.29) is 43.0 Å². The van der Waals surface area contributed by atoms with Gasteiger partial charge in [-0.15, -0.1) is 0 Å². The zero-order chi connectivity index (χ0) is 26.5. The van der Waals surface area contributed by atoms with E-state index in [1.807, 2.05) is 6.92 Å². The highest BCUT2D eigenvalue weighted by atomic mass is 32.2. The monoisotopic (exact) mass is 526 g/mol. The molecule has 1 saturated heterocycles. The van der Waals surface area contributed by atoms with Gasteiger partial charge in [0.15, 0.2) is 0 Å². The van der Waals surface area contributed by atoms with Crippen molar-refractivity contribution < 1.29 is 32.6 Å². The molecule has 12 heteroatoms. The Morgan fingerprint density at radius 3 is 2.64 bits per heavy atom. The van der Waals surface area contributed by atoms with E-state index in [0.717, 1.165) is 19.3 Å². The molecule has 2 heterocycles. The number of aliphatic hydroxyl groups excluding tert-OH is 1. The quantitative estimate of drug-likeness (QED) is 0.475. The lowest BCUT2D eigenvalue weighted by atomic mass is 9.99. The fourth-order valence-corrected chi connectivity index (χ4v) is 4.63. The zero-order valence-electron chi connectivity index (χ0n) is 21.5. The summed E-state index contributed by atoms with van der Waals surface area (Å²) >= 11 is 0. The predicted octanol–water partition coefficient (Wildman–Crippen LogP) is 0.459. The van der Waals surface area contributed by atoms with Crippen LogP contribution in [0.4, 0.5) is 5.69 Å². The first-order chi connectivity index (χ1) is 17.0. The summed E-state index contributed by atoms with van der Waals surface area (Å²) in [5.74, 6) is -0.389. The predicted molar refractivity (Wildman–Crippen MR) is 136 cm³/mol. The molecule has 0 unspecified atom stereocenters. The summed E-state index contributed by atoms with van der Waals surface area (Å²) in [4.78, 5) is 29.8. The average Bonchev–Trinajstić information content (AvgIpc) is 2.84. The number of carbonyl (C=O) groups is 2. The molecule has 0 aromatic heterocycles. The van der Waals surface area contributed by atoms with Gasteiger partial charge in [-0.1, -0.05) is 6.92 Å². The van der Waals surface area contributed by atoms with Crippen LogP contribution in [-0.2, 0) is 19.6 Å². The number of hydrogen-bond donors (Lipinski definition) is 2. The Hall–Kier alpha value is -2.25. The number of likely N-dealkylation sites (N-methyl/N-ethyl adjacent to an activating group) is 1. The molecule has 0 saturated carbocycles. The van der Waals surface area contributed by atoms with Gasteiger partial charge in [-0.2, -0.15) is 0 Å². The van der Waals surface area contributed by atoms with Gasteiger partial charge in [-0.3, -0.25) is 14.5 Å². The molecule has 0 bridgehead atoms. The maximum absolute atomic E-state index is 13.5. The fourth-order valence-electron chi connectivity index (χ4n) is 4.21. The number of nitrogens with one attached hydrogen (secondary N) is 1. The van der Waals surface area contributed by atoms with E-state index in [0.29, 0.717) is 37.6 Å². The van der Waals surface area contributed by atoms with Crippen molar-refractivity contribution in [1.29, 1.82) is 0 Å². The minimum Gasteiger partial charge on any atom is -0.488 e. The molecule has 1 aromatic carbocycles. The van der Waals surface area contributed by atoms with Gasteiger partial charge in [0.2, 0.25) is 15.9 Å². The molecular formula is C24H38N4O7S. The van der Waals surface area contributed by atoms with Crippen LogP contribution in [0.3, 0.4) is 0 Å². The summed E-state index contributed by atoms with van der Waals surface area (Å²) in [7, 11) is -1.94. The summed E-state index contributed by atoms with van der Waals surface area (Å²) in [6.45, 7) is 7.34. The summed E-state index contributed by atoms with van der Waals surface area (Å²) in [5.41, 5.74) is 0.716. The van der Waals surface area contributed by atoms with Crippen molar-refractivity contribution in [3.05, 3.63) is 23.8 Å². The second-order valence-electron chi connectivity index (χ2n) is 9.63. The van der Waals surface area contributed by atoms with E-state index < -0.39 is 22.2 Å². The van der Waals surface area contributed by atoms with Crippen LogP contribution in [0.15, 0.2) is 18.2 Å². The Morgan fingerprint density at radius 1 is 1.31 bits per heavy atom. The maximum Gasteiger partial charge on any atom is 0.258 e. The van der Waals surface area contributed by atoms with Crippen molar-refractivity contribution in [3.63, 3.8) is 0 Å². The van der Waals surface area contributed by atoms with Crippen molar-refractivity contribution in [2.45, 2.75) is 32.4 Å². The Labute approximate surface area is 213 Å². The second kappa shape index (κ2) is 12.3. The second-order valence-corrected chi connectivity index (χ2v) is 11.7. The van der Waals surface area contributed by atoms with E-state index in [2.05, 4.69) is 10.2 Å². The molecule has 2 aliphatic heterocycles. The summed E-state index contributed by atoms with van der Waals surface area (Å²) < 4.78 is 36.8. The van der Waals surface area contributed by atoms with Gasteiger partial charge in [0.1, 0.15) is 11.9 Å². The smallest absolute Gasteiger partial charge is 0.258 e. The van der Waals surface area contributed by atoms with E-state index >= 15 is 0 Å². The molecule has 2 amide bonds. The number of morpholine rings is 1. The Morgan fingerprint density at radius 2 is 2.00 bits per heavy atom. The average molecular weight is 527 g/mol. The van der Waals surface area contributed by atoms with Crippen LogP contribution in [-0.4, -0.2) is 117 Å². The Kier molecular flexibility index (Phi) is 9.70. The fraction of sp³-hybridized carbons (Fsp3) is 0.667. The SMILES string of the molecule is C[C@H]1CN([C@@H](C)CO)C(=O)c2cc(NC(=O)CCN3CCOCC3)ccc2O[C@H]1CN(C)S(C)(=O)=O. The van der Waals surface area contributed by atoms with Crippen molar-refractivity contribution in [2.75, 3.05) is 71.2 Å². The maximum atomic E-state index is 13.5. The number of benzene rings is 1. The molecule has 1 fully saturated rings. The summed E-state index contributed by atoms with van der Waals surface area (Å²) in [6, 6.07) is 4.42. The topological polar surface area (TPSA) is 129 Å². The van der Waals surface area contributed by atoms with E-state index in [9.17, 15) is 23.1 Å². The molecule has 2 aliphatic rings. The summed E-state index contributed by atoms with van der Waals surface area (Å²) in [6.07, 6.45) is 0.915. The van der Waals surface area contributed by atoms with Crippen molar-refractivity contribution >= 4 is 27.5 Å². The molecule has 0 aliphatic carbocycles. The molecule has 1 aromatic rings. The number of amides is 2. The highest BCUT2D eigenvalue weighted by molar-refractivity contribution is 7.88. The zero-order valence-corrected chi connectivity index (χ0v) is 22.3. The first-order valence-corrected chi connectivity index (χ1v) is 14.1. The molecule has 3 atom stereocenters. The minimum absolute atomic E-state index is 0.106. The number of hydrogen-bond acceptors (Lipinski definition) is 8. The van der Waals surface area contributed by atoms with Gasteiger partial charge in [0, 0.05) is 51.3 Å². The molecule has 202 valence electrons. The van der Waals surface area contributed by atoms with E-state index in [4.69, 9.17) is 9.47 Å². The minimum atomic E-state index is -3.43. The molecular weight excluding hydrogens is 488 g/mol. The lowest BCUT2D eigenvalue weighted by molar-refractivity contribution is -0.116.